The number of phenolic OH excluding ortho intramolecular Hbond substituents is 1. The van der Waals surface area contributed by atoms with Gasteiger partial charge in [0.1, 0.15) is 36.8 Å². The van der Waals surface area contributed by atoms with Crippen molar-refractivity contribution in [2.75, 3.05) is 52.8 Å². The number of halogens is 1. The number of amides is 3. The van der Waals surface area contributed by atoms with E-state index in [0.717, 1.165) is 60.7 Å². The Morgan fingerprint density at radius 2 is 1.50 bits per heavy atom. The maximum Gasteiger partial charge on any atom is 0.246 e. The summed E-state index contributed by atoms with van der Waals surface area (Å²) >= 11 is 7.77. The van der Waals surface area contributed by atoms with E-state index in [4.69, 9.17) is 30.5 Å². The van der Waals surface area contributed by atoms with Crippen LogP contribution in [0.25, 0.3) is 32.6 Å². The minimum Gasteiger partial charge on any atom is -0.508 e. The lowest BCUT2D eigenvalue weighted by Crippen LogP contribution is -2.58. The van der Waals surface area contributed by atoms with E-state index < -0.39 is 35.4 Å². The molecule has 0 spiro atoms. The highest BCUT2D eigenvalue weighted by atomic mass is 35.5. The first-order valence-electron chi connectivity index (χ1n) is 22.7. The van der Waals surface area contributed by atoms with Gasteiger partial charge in [0.2, 0.25) is 17.7 Å². The number of carbonyl (C=O) groups excluding carboxylic acids is 3. The number of ether oxygens (including phenoxy) is 4. The first kappa shape index (κ1) is 50.1. The van der Waals surface area contributed by atoms with Gasteiger partial charge in [-0.25, -0.2) is 4.98 Å². The fraction of sp³-hybridized carbons (Fsp3) is 0.385. The number of nitrogens with one attached hydrogen (secondary N) is 2. The van der Waals surface area contributed by atoms with Crippen molar-refractivity contribution in [2.24, 2.45) is 5.41 Å². The molecule has 1 aliphatic heterocycles. The molecule has 2 aromatic heterocycles. The van der Waals surface area contributed by atoms with Crippen LogP contribution in [0, 0.1) is 19.3 Å². The lowest BCUT2D eigenvalue weighted by Gasteiger charge is -2.35. The van der Waals surface area contributed by atoms with Crippen LogP contribution in [0.4, 0.5) is 0 Å². The molecule has 7 rings (SSSR count). The molecule has 0 bridgehead atoms. The number of aromatic nitrogens is 2. The normalized spacial score (nSPS) is 15.4. The van der Waals surface area contributed by atoms with Crippen LogP contribution in [0.3, 0.4) is 0 Å². The van der Waals surface area contributed by atoms with Gasteiger partial charge in [-0.3, -0.25) is 14.4 Å². The van der Waals surface area contributed by atoms with Gasteiger partial charge in [0, 0.05) is 42.0 Å². The van der Waals surface area contributed by atoms with Gasteiger partial charge >= 0.3 is 0 Å². The molecular formula is C52H60ClN5O9S. The summed E-state index contributed by atoms with van der Waals surface area (Å²) in [5, 5.41) is 28.2. The Hall–Kier alpha value is -5.81. The molecule has 1 saturated heterocycles. The topological polar surface area (TPSA) is 174 Å². The van der Waals surface area contributed by atoms with Crippen molar-refractivity contribution >= 4 is 51.6 Å². The van der Waals surface area contributed by atoms with E-state index in [1.807, 2.05) is 112 Å². The highest BCUT2D eigenvalue weighted by molar-refractivity contribution is 7.13. The van der Waals surface area contributed by atoms with E-state index in [9.17, 15) is 24.6 Å². The van der Waals surface area contributed by atoms with Crippen LogP contribution in [0.15, 0.2) is 96.5 Å². The van der Waals surface area contributed by atoms with Gasteiger partial charge in [-0.15, -0.1) is 11.3 Å². The number of phenols is 1. The number of aliphatic hydroxyl groups excluding tert-OH is 1. The Kier molecular flexibility index (Phi) is 16.9. The first-order valence-corrected chi connectivity index (χ1v) is 24.0. The highest BCUT2D eigenvalue weighted by Gasteiger charge is 2.44. The summed E-state index contributed by atoms with van der Waals surface area (Å²) in [4.78, 5) is 47.1. The molecule has 4 N–H and O–H groups in total. The summed E-state index contributed by atoms with van der Waals surface area (Å²) in [6.07, 6.45) is -0.775. The minimum absolute atomic E-state index is 0.0169. The molecule has 0 aliphatic carbocycles. The van der Waals surface area contributed by atoms with Gasteiger partial charge in [-0.2, -0.15) is 0 Å². The molecule has 360 valence electrons. The molecule has 14 nitrogen and oxygen atoms in total. The fourth-order valence-electron chi connectivity index (χ4n) is 8.33. The molecule has 68 heavy (non-hydrogen) atoms. The third-order valence-corrected chi connectivity index (χ3v) is 13.1. The molecule has 6 aromatic rings. The molecule has 0 saturated carbocycles. The molecule has 3 heterocycles. The number of rotatable bonds is 21. The standard InChI is InChI=1S/C52H60ClN5O9S/c1-33-43-26-40(59)16-19-44(43)57(47(33)37-12-14-39(53)15-13-37)29-36-8-17-42(18-9-36)67-25-24-65-21-20-64-22-23-66-31-46(61)56-49(52(3,4)5)51(63)58-30-41(60)27-45(58)50(62)54-28-35-6-10-38(11-7-35)48-34(2)55-32-68-48/h6-19,26,32,41,45,49,59-60H,20-25,27-31H2,1-5H3,(H,54,62)(H,56,61)/t41-,45+,49?/m1/s1. The van der Waals surface area contributed by atoms with Gasteiger partial charge in [-0.1, -0.05) is 80.9 Å². The zero-order chi connectivity index (χ0) is 48.4. The van der Waals surface area contributed by atoms with Gasteiger partial charge in [0.25, 0.3) is 0 Å². The Bertz CT molecular complexity index is 2650. The van der Waals surface area contributed by atoms with Crippen LogP contribution in [-0.2, 0) is 41.7 Å². The number of aliphatic hydroxyl groups is 1. The monoisotopic (exact) mass is 965 g/mol. The van der Waals surface area contributed by atoms with Gasteiger partial charge < -0.3 is 49.3 Å². The average Bonchev–Trinajstić information content (AvgIpc) is 4.01. The second-order valence-corrected chi connectivity index (χ2v) is 19.3. The minimum atomic E-state index is -0.966. The van der Waals surface area contributed by atoms with Crippen LogP contribution >= 0.6 is 22.9 Å². The fourth-order valence-corrected chi connectivity index (χ4v) is 9.27. The quantitative estimate of drug-likeness (QED) is 0.0524. The number of hydrogen-bond acceptors (Lipinski definition) is 11. The molecule has 1 aliphatic rings. The number of thiazole rings is 1. The van der Waals surface area contributed by atoms with Crippen LogP contribution in [0.2, 0.25) is 5.02 Å². The number of benzene rings is 4. The lowest BCUT2D eigenvalue weighted by molar-refractivity contribution is -0.144. The SMILES string of the molecule is Cc1ncsc1-c1ccc(CNC(=O)[C@@H]2C[C@@H](O)CN2C(=O)C(NC(=O)COCCOCCOCCOc2ccc(Cn3c(-c4ccc(Cl)cc4)c(C)c4cc(O)ccc43)cc2)C(C)(C)C)cc1. The second-order valence-electron chi connectivity index (χ2n) is 18.0. The summed E-state index contributed by atoms with van der Waals surface area (Å²) in [5.74, 6) is -0.349. The zero-order valence-corrected chi connectivity index (χ0v) is 40.7. The number of carbonyl (C=O) groups is 3. The molecule has 4 aromatic carbocycles. The third kappa shape index (κ3) is 12.8. The molecule has 1 fully saturated rings. The lowest BCUT2D eigenvalue weighted by atomic mass is 9.85. The molecule has 3 atom stereocenters. The van der Waals surface area contributed by atoms with E-state index >= 15 is 0 Å². The van der Waals surface area contributed by atoms with E-state index in [1.165, 1.54) is 4.90 Å². The number of aromatic hydroxyl groups is 1. The van der Waals surface area contributed by atoms with Crippen molar-refractivity contribution in [1.29, 1.82) is 0 Å². The zero-order valence-electron chi connectivity index (χ0n) is 39.1. The number of fused-ring (bicyclic) bond motifs is 1. The number of β-amino-alcohol motifs (C(OH)–C–C–N with tert-alkyl or cyclic N) is 1. The summed E-state index contributed by atoms with van der Waals surface area (Å²) < 4.78 is 25.0. The second kappa shape index (κ2) is 23.0. The first-order chi connectivity index (χ1) is 32.7. The highest BCUT2D eigenvalue weighted by Crippen LogP contribution is 2.36. The third-order valence-electron chi connectivity index (χ3n) is 11.9. The van der Waals surface area contributed by atoms with Crippen LogP contribution in [-0.4, -0.2) is 113 Å². The summed E-state index contributed by atoms with van der Waals surface area (Å²) in [6, 6.07) is 27.2. The van der Waals surface area contributed by atoms with Crippen LogP contribution in [0.5, 0.6) is 11.5 Å². The number of hydrogen-bond donors (Lipinski definition) is 4. The molecule has 0 radical (unpaired) electrons. The smallest absolute Gasteiger partial charge is 0.246 e. The number of likely N-dealkylation sites (tertiary alicyclic amines) is 1. The molecule has 1 unspecified atom stereocenters. The Labute approximate surface area is 406 Å². The van der Waals surface area contributed by atoms with Crippen LogP contribution < -0.4 is 15.4 Å². The van der Waals surface area contributed by atoms with E-state index in [0.29, 0.717) is 38.0 Å². The van der Waals surface area contributed by atoms with E-state index in [1.54, 1.807) is 23.5 Å². The summed E-state index contributed by atoms with van der Waals surface area (Å²) in [7, 11) is 0. The van der Waals surface area contributed by atoms with E-state index in [-0.39, 0.29) is 51.0 Å². The maximum atomic E-state index is 13.9. The van der Waals surface area contributed by atoms with Gasteiger partial charge in [0.05, 0.1) is 60.9 Å². The van der Waals surface area contributed by atoms with Crippen molar-refractivity contribution in [3.05, 3.63) is 124 Å². The molecule has 16 heteroatoms. The van der Waals surface area contributed by atoms with Crippen molar-refractivity contribution in [2.45, 2.75) is 72.3 Å². The number of aryl methyl sites for hydroxylation is 2. The van der Waals surface area contributed by atoms with Crippen LogP contribution in [0.1, 0.15) is 49.6 Å². The largest absolute Gasteiger partial charge is 0.508 e. The molecular weight excluding hydrogens is 906 g/mol. The van der Waals surface area contributed by atoms with E-state index in [2.05, 4.69) is 27.1 Å². The average molecular weight is 967 g/mol. The van der Waals surface area contributed by atoms with Crippen molar-refractivity contribution in [1.82, 2.24) is 25.1 Å². The van der Waals surface area contributed by atoms with Crippen molar-refractivity contribution in [3.63, 3.8) is 0 Å². The number of nitrogens with zero attached hydrogens (tertiary/aromatic N) is 3. The Morgan fingerprint density at radius 1 is 0.853 bits per heavy atom. The Morgan fingerprint density at radius 3 is 2.16 bits per heavy atom. The maximum absolute atomic E-state index is 13.9. The Balaban J connectivity index is 0.778. The predicted molar refractivity (Wildman–Crippen MR) is 264 cm³/mol. The van der Waals surface area contributed by atoms with Crippen molar-refractivity contribution in [3.8, 4) is 33.2 Å². The summed E-state index contributed by atoms with van der Waals surface area (Å²) in [6.45, 7) is 11.9. The molecule has 3 amide bonds. The summed E-state index contributed by atoms with van der Waals surface area (Å²) in [5.41, 5.74) is 9.32. The van der Waals surface area contributed by atoms with Gasteiger partial charge in [-0.05, 0) is 89.5 Å². The predicted octanol–water partition coefficient (Wildman–Crippen LogP) is 7.69. The van der Waals surface area contributed by atoms with Crippen molar-refractivity contribution < 1.29 is 43.5 Å². The van der Waals surface area contributed by atoms with Gasteiger partial charge in [0.15, 0.2) is 0 Å².